The number of nitrogens with zero attached hydrogens (tertiary/aromatic N) is 1. The third kappa shape index (κ3) is 2.79. The molecule has 0 unspecified atom stereocenters. The third-order valence-electron chi connectivity index (χ3n) is 5.84. The summed E-state index contributed by atoms with van der Waals surface area (Å²) in [6.07, 6.45) is 0. The van der Waals surface area contributed by atoms with E-state index in [1.807, 2.05) is 18.3 Å². The molecule has 0 atom stereocenters. The maximum Gasteiger partial charge on any atom is 0.161 e. The Bertz CT molecular complexity index is 1410. The molecular weight excluding hydrogens is 374 g/mol. The fourth-order valence-corrected chi connectivity index (χ4v) is 5.43. The maximum atomic E-state index is 6.06. The van der Waals surface area contributed by atoms with Gasteiger partial charge in [0.05, 0.1) is 10.4 Å². The number of aromatic nitrogens is 1. The van der Waals surface area contributed by atoms with E-state index in [1.165, 1.54) is 42.4 Å². The Hall–Kier alpha value is -2.65. The van der Waals surface area contributed by atoms with Crippen LogP contribution in [0.25, 0.3) is 43.2 Å². The summed E-state index contributed by atoms with van der Waals surface area (Å²) in [5.74, 6) is 0.906. The summed E-state index contributed by atoms with van der Waals surface area (Å²) in [6.45, 7) is 13.2. The topological polar surface area (TPSA) is 26.0 Å². The minimum absolute atomic E-state index is 0.0480. The SMILES string of the molecule is Cc1cc2nc(-c3cc(C(C)(C)C)c4ccccc4c3)c3sc(C)c(C)c3c2o1. The van der Waals surface area contributed by atoms with Crippen LogP contribution < -0.4 is 0 Å². The van der Waals surface area contributed by atoms with E-state index in [9.17, 15) is 0 Å². The van der Waals surface area contributed by atoms with Crippen LogP contribution in [0, 0.1) is 20.8 Å². The van der Waals surface area contributed by atoms with Gasteiger partial charge in [0.25, 0.3) is 0 Å². The van der Waals surface area contributed by atoms with Gasteiger partial charge in [-0.2, -0.15) is 0 Å². The molecule has 0 saturated carbocycles. The summed E-state index contributed by atoms with van der Waals surface area (Å²) in [6, 6.07) is 15.4. The van der Waals surface area contributed by atoms with Crippen molar-refractivity contribution in [2.24, 2.45) is 0 Å². The van der Waals surface area contributed by atoms with Crippen molar-refractivity contribution >= 4 is 43.3 Å². The average Bonchev–Trinajstić information content (AvgIpc) is 3.18. The minimum Gasteiger partial charge on any atom is -0.459 e. The van der Waals surface area contributed by atoms with Gasteiger partial charge in [-0.05, 0) is 60.2 Å². The van der Waals surface area contributed by atoms with Gasteiger partial charge in [0.2, 0.25) is 0 Å². The van der Waals surface area contributed by atoms with Crippen LogP contribution >= 0.6 is 11.3 Å². The van der Waals surface area contributed by atoms with E-state index in [2.05, 4.69) is 77.1 Å². The van der Waals surface area contributed by atoms with Gasteiger partial charge in [0, 0.05) is 21.9 Å². The highest BCUT2D eigenvalue weighted by molar-refractivity contribution is 7.20. The smallest absolute Gasteiger partial charge is 0.161 e. The van der Waals surface area contributed by atoms with Gasteiger partial charge in [-0.3, -0.25) is 0 Å². The molecule has 5 aromatic rings. The van der Waals surface area contributed by atoms with Crippen LogP contribution in [0.2, 0.25) is 0 Å². The quantitative estimate of drug-likeness (QED) is 0.285. The zero-order valence-electron chi connectivity index (χ0n) is 17.8. The predicted molar refractivity (Wildman–Crippen MR) is 125 cm³/mol. The second-order valence-electron chi connectivity index (χ2n) is 9.01. The summed E-state index contributed by atoms with van der Waals surface area (Å²) in [5.41, 5.74) is 6.80. The third-order valence-corrected chi connectivity index (χ3v) is 7.05. The van der Waals surface area contributed by atoms with Crippen molar-refractivity contribution in [3.05, 3.63) is 64.2 Å². The Morgan fingerprint density at radius 2 is 1.72 bits per heavy atom. The lowest BCUT2D eigenvalue weighted by Crippen LogP contribution is -2.12. The highest BCUT2D eigenvalue weighted by Crippen LogP contribution is 2.43. The summed E-state index contributed by atoms with van der Waals surface area (Å²) in [4.78, 5) is 6.42. The Balaban J connectivity index is 1.93. The zero-order chi connectivity index (χ0) is 20.5. The standard InChI is InChI=1S/C26H25NOS/c1-14-11-21-24(28-14)22-15(2)16(3)29-25(22)23(27-21)18-12-17-9-7-8-10-19(17)20(13-18)26(4,5)6/h7-13H,1-6H3. The molecule has 3 aromatic heterocycles. The highest BCUT2D eigenvalue weighted by Gasteiger charge is 2.22. The molecule has 0 aliphatic heterocycles. The van der Waals surface area contributed by atoms with Gasteiger partial charge in [-0.15, -0.1) is 11.3 Å². The summed E-state index contributed by atoms with van der Waals surface area (Å²) < 4.78 is 7.28. The minimum atomic E-state index is 0.0480. The zero-order valence-corrected chi connectivity index (χ0v) is 18.6. The van der Waals surface area contributed by atoms with Crippen molar-refractivity contribution in [1.82, 2.24) is 4.98 Å². The first-order chi connectivity index (χ1) is 13.7. The lowest BCUT2D eigenvalue weighted by Gasteiger charge is -2.22. The number of aryl methyl sites for hydroxylation is 3. The summed E-state index contributed by atoms with van der Waals surface area (Å²) in [7, 11) is 0. The molecule has 0 bridgehead atoms. The molecule has 0 amide bonds. The molecule has 146 valence electrons. The molecule has 0 spiro atoms. The lowest BCUT2D eigenvalue weighted by atomic mass is 9.82. The number of rotatable bonds is 1. The highest BCUT2D eigenvalue weighted by atomic mass is 32.1. The van der Waals surface area contributed by atoms with Crippen molar-refractivity contribution in [3.63, 3.8) is 0 Å². The van der Waals surface area contributed by atoms with Crippen molar-refractivity contribution < 1.29 is 4.42 Å². The average molecular weight is 400 g/mol. The molecule has 29 heavy (non-hydrogen) atoms. The van der Waals surface area contributed by atoms with Gasteiger partial charge in [0.15, 0.2) is 5.58 Å². The van der Waals surface area contributed by atoms with Crippen LogP contribution in [-0.2, 0) is 5.41 Å². The second-order valence-corrected chi connectivity index (χ2v) is 10.2. The largest absolute Gasteiger partial charge is 0.459 e. The molecule has 5 rings (SSSR count). The van der Waals surface area contributed by atoms with Gasteiger partial charge < -0.3 is 4.42 Å². The van der Waals surface area contributed by atoms with E-state index in [1.54, 1.807) is 0 Å². The first kappa shape index (κ1) is 18.4. The van der Waals surface area contributed by atoms with Crippen LogP contribution in [0.15, 0.2) is 46.9 Å². The molecule has 3 heteroatoms. The monoisotopic (exact) mass is 399 g/mol. The number of fused-ring (bicyclic) bond motifs is 4. The lowest BCUT2D eigenvalue weighted by molar-refractivity contribution is 0.581. The summed E-state index contributed by atoms with van der Waals surface area (Å²) >= 11 is 1.82. The molecule has 3 heterocycles. The van der Waals surface area contributed by atoms with E-state index in [0.717, 1.165) is 22.6 Å². The van der Waals surface area contributed by atoms with E-state index in [4.69, 9.17) is 9.40 Å². The van der Waals surface area contributed by atoms with Crippen LogP contribution in [0.3, 0.4) is 0 Å². The fraction of sp³-hybridized carbons (Fsp3) is 0.269. The Labute approximate surface area is 175 Å². The predicted octanol–water partition coefficient (Wildman–Crippen LogP) is 8.09. The maximum absolute atomic E-state index is 6.06. The van der Waals surface area contributed by atoms with Crippen LogP contribution in [0.5, 0.6) is 0 Å². The molecule has 0 N–H and O–H groups in total. The second kappa shape index (κ2) is 6.17. The van der Waals surface area contributed by atoms with Crippen molar-refractivity contribution in [3.8, 4) is 11.3 Å². The molecule has 0 aliphatic rings. The van der Waals surface area contributed by atoms with Crippen LogP contribution in [0.1, 0.15) is 42.5 Å². The Morgan fingerprint density at radius 1 is 0.966 bits per heavy atom. The molecule has 2 aromatic carbocycles. The first-order valence-electron chi connectivity index (χ1n) is 10.1. The first-order valence-corrected chi connectivity index (χ1v) is 10.9. The number of hydrogen-bond acceptors (Lipinski definition) is 3. The van der Waals surface area contributed by atoms with E-state index in [-0.39, 0.29) is 5.41 Å². The fourth-order valence-electron chi connectivity index (χ4n) is 4.26. The molecule has 0 radical (unpaired) electrons. The molecule has 0 fully saturated rings. The number of pyridine rings is 1. The summed E-state index contributed by atoms with van der Waals surface area (Å²) in [5, 5.41) is 3.79. The van der Waals surface area contributed by atoms with Gasteiger partial charge in [0.1, 0.15) is 11.3 Å². The van der Waals surface area contributed by atoms with Gasteiger partial charge >= 0.3 is 0 Å². The van der Waals surface area contributed by atoms with Crippen LogP contribution in [0.4, 0.5) is 0 Å². The molecule has 2 nitrogen and oxygen atoms in total. The number of benzene rings is 2. The van der Waals surface area contributed by atoms with E-state index >= 15 is 0 Å². The molecule has 0 saturated heterocycles. The van der Waals surface area contributed by atoms with Crippen molar-refractivity contribution in [2.45, 2.75) is 47.0 Å². The van der Waals surface area contributed by atoms with E-state index < -0.39 is 0 Å². The van der Waals surface area contributed by atoms with Gasteiger partial charge in [-0.1, -0.05) is 45.0 Å². The van der Waals surface area contributed by atoms with E-state index in [0.29, 0.717) is 0 Å². The van der Waals surface area contributed by atoms with Crippen molar-refractivity contribution in [1.29, 1.82) is 0 Å². The van der Waals surface area contributed by atoms with Gasteiger partial charge in [-0.25, -0.2) is 4.98 Å². The number of hydrogen-bond donors (Lipinski definition) is 0. The van der Waals surface area contributed by atoms with Crippen molar-refractivity contribution in [2.75, 3.05) is 0 Å². The number of furan rings is 1. The molecule has 0 aliphatic carbocycles. The normalized spacial score (nSPS) is 12.5. The Morgan fingerprint density at radius 3 is 2.48 bits per heavy atom. The molecular formula is C26H25NOS. The van der Waals surface area contributed by atoms with Crippen LogP contribution in [-0.4, -0.2) is 4.98 Å². The number of thiophene rings is 1. The Kier molecular flexibility index (Phi) is 3.91.